The van der Waals surface area contributed by atoms with Crippen LogP contribution in [0.3, 0.4) is 0 Å². The van der Waals surface area contributed by atoms with Gasteiger partial charge in [0.15, 0.2) is 12.2 Å². The Morgan fingerprint density at radius 2 is 0.533 bits per heavy atom. The molecule has 0 fully saturated rings. The number of phosphoric acid groups is 2. The summed E-state index contributed by atoms with van der Waals surface area (Å²) in [6.07, 6.45) is 43.0. The molecule has 0 aliphatic rings. The van der Waals surface area contributed by atoms with Gasteiger partial charge >= 0.3 is 39.5 Å². The predicted octanol–water partition coefficient (Wildman–Crippen LogP) is 20.1. The summed E-state index contributed by atoms with van der Waals surface area (Å²) in [4.78, 5) is 72.6. The van der Waals surface area contributed by atoms with Crippen LogP contribution >= 0.6 is 15.6 Å². The highest BCUT2D eigenvalue weighted by atomic mass is 31.2. The van der Waals surface area contributed by atoms with Gasteiger partial charge in [-0.2, -0.15) is 0 Å². The molecule has 0 rings (SSSR count). The minimum atomic E-state index is -4.95. The molecule has 0 aromatic heterocycles. The molecule has 0 heterocycles. The number of phosphoric ester groups is 2. The zero-order valence-electron chi connectivity index (χ0n) is 58.8. The van der Waals surface area contributed by atoms with E-state index in [9.17, 15) is 43.2 Å². The second kappa shape index (κ2) is 60.7. The molecule has 0 saturated heterocycles. The molecule has 4 unspecified atom stereocenters. The first-order valence-corrected chi connectivity index (χ1v) is 39.7. The van der Waals surface area contributed by atoms with E-state index < -0.39 is 97.5 Å². The van der Waals surface area contributed by atoms with Gasteiger partial charge < -0.3 is 33.8 Å². The molecule has 0 aromatic rings. The molecule has 0 aromatic carbocycles. The topological polar surface area (TPSA) is 237 Å². The molecule has 6 atom stereocenters. The number of unbranched alkanes of at least 4 members (excludes halogenated alkanes) is 33. The van der Waals surface area contributed by atoms with Gasteiger partial charge in [0.05, 0.1) is 26.4 Å². The fraction of sp³-hybridized carbons (Fsp3) is 0.944. The summed E-state index contributed by atoms with van der Waals surface area (Å²) in [7, 11) is -9.91. The van der Waals surface area contributed by atoms with Crippen molar-refractivity contribution in [3.63, 3.8) is 0 Å². The van der Waals surface area contributed by atoms with Crippen molar-refractivity contribution in [2.45, 2.75) is 369 Å². The zero-order chi connectivity index (χ0) is 66.8. The summed E-state index contributed by atoms with van der Waals surface area (Å²) >= 11 is 0. The van der Waals surface area contributed by atoms with E-state index in [1.807, 2.05) is 0 Å². The Hall–Kier alpha value is -1.94. The Balaban J connectivity index is 5.27. The highest BCUT2D eigenvalue weighted by molar-refractivity contribution is 7.47. The van der Waals surface area contributed by atoms with Crippen molar-refractivity contribution in [1.82, 2.24) is 0 Å². The molecular formula is C71H138O17P2. The van der Waals surface area contributed by atoms with Crippen LogP contribution in [0.5, 0.6) is 0 Å². The van der Waals surface area contributed by atoms with Crippen LogP contribution in [-0.2, 0) is 65.4 Å². The van der Waals surface area contributed by atoms with Crippen molar-refractivity contribution in [2.75, 3.05) is 39.6 Å². The van der Waals surface area contributed by atoms with Crippen molar-refractivity contribution in [3.05, 3.63) is 0 Å². The number of hydrogen-bond acceptors (Lipinski definition) is 15. The van der Waals surface area contributed by atoms with Gasteiger partial charge in [-0.3, -0.25) is 37.3 Å². The molecule has 534 valence electrons. The van der Waals surface area contributed by atoms with Crippen LogP contribution in [0.1, 0.15) is 351 Å². The van der Waals surface area contributed by atoms with Gasteiger partial charge in [-0.25, -0.2) is 9.13 Å². The summed E-state index contributed by atoms with van der Waals surface area (Å²) in [5, 5.41) is 10.6. The number of aliphatic hydroxyl groups excluding tert-OH is 1. The standard InChI is InChI=1S/C71H138O17P2/c1-9-64(8)50-42-34-26-17-11-13-19-30-38-46-54-71(76)88-67(58-82-69(74)52-44-36-28-22-21-25-33-41-49-63(6)7)60-86-90(79,80)84-56-65(72)55-83-89(77,78)85-59-66(57-81-68(73)51-43-35-27-20-14-16-24-32-40-48-62(4)5)87-70(75)53-45-37-29-18-12-10-15-23-31-39-47-61(2)3/h61-67,72H,9-60H2,1-8H3,(H,77,78)(H,79,80)/t64?,65?,66-,67-/m1/s1. The maximum atomic E-state index is 13.0. The Bertz CT molecular complexity index is 1780. The average molecular weight is 1330 g/mol. The molecule has 0 aliphatic carbocycles. The van der Waals surface area contributed by atoms with Crippen LogP contribution < -0.4 is 0 Å². The molecule has 17 nitrogen and oxygen atoms in total. The molecule has 90 heavy (non-hydrogen) atoms. The summed E-state index contributed by atoms with van der Waals surface area (Å²) < 4.78 is 68.3. The lowest BCUT2D eigenvalue weighted by atomic mass is 9.99. The first kappa shape index (κ1) is 88.1. The lowest BCUT2D eigenvalue weighted by Crippen LogP contribution is -2.30. The van der Waals surface area contributed by atoms with E-state index in [-0.39, 0.29) is 25.7 Å². The first-order valence-electron chi connectivity index (χ1n) is 36.7. The minimum Gasteiger partial charge on any atom is -0.462 e. The highest BCUT2D eigenvalue weighted by Crippen LogP contribution is 2.45. The molecular weight excluding hydrogens is 1190 g/mol. The largest absolute Gasteiger partial charge is 0.472 e. The molecule has 19 heteroatoms. The van der Waals surface area contributed by atoms with Gasteiger partial charge in [0.25, 0.3) is 0 Å². The molecule has 0 amide bonds. The highest BCUT2D eigenvalue weighted by Gasteiger charge is 2.30. The zero-order valence-corrected chi connectivity index (χ0v) is 60.6. The molecule has 0 aliphatic heterocycles. The second-order valence-electron chi connectivity index (χ2n) is 27.3. The van der Waals surface area contributed by atoms with E-state index in [1.165, 1.54) is 154 Å². The second-order valence-corrected chi connectivity index (χ2v) is 30.2. The normalized spacial score (nSPS) is 14.6. The van der Waals surface area contributed by atoms with Crippen LogP contribution in [-0.4, -0.2) is 96.7 Å². The van der Waals surface area contributed by atoms with Crippen molar-refractivity contribution >= 4 is 39.5 Å². The van der Waals surface area contributed by atoms with E-state index in [0.29, 0.717) is 25.7 Å². The van der Waals surface area contributed by atoms with Crippen LogP contribution in [0.2, 0.25) is 0 Å². The number of rotatable bonds is 68. The Morgan fingerprint density at radius 1 is 0.311 bits per heavy atom. The molecule has 0 radical (unpaired) electrons. The van der Waals surface area contributed by atoms with E-state index >= 15 is 0 Å². The van der Waals surface area contributed by atoms with E-state index in [0.717, 1.165) is 114 Å². The Morgan fingerprint density at radius 3 is 0.789 bits per heavy atom. The third kappa shape index (κ3) is 63.5. The lowest BCUT2D eigenvalue weighted by Gasteiger charge is -2.21. The fourth-order valence-electron chi connectivity index (χ4n) is 10.6. The maximum absolute atomic E-state index is 13.0. The Labute approximate surface area is 549 Å². The van der Waals surface area contributed by atoms with Gasteiger partial charge in [0.1, 0.15) is 19.3 Å². The monoisotopic (exact) mass is 1320 g/mol. The van der Waals surface area contributed by atoms with Crippen molar-refractivity contribution in [2.24, 2.45) is 23.7 Å². The number of ether oxygens (including phenoxy) is 4. The SMILES string of the molecule is CCC(C)CCCCCCCCCCCCC(=O)O[C@H](COC(=O)CCCCCCCCCCC(C)C)COP(=O)(O)OCC(O)COP(=O)(O)OC[C@@H](COC(=O)CCCCCCCCCCCC(C)C)OC(=O)CCCCCCCCCCCCC(C)C. The third-order valence-corrected chi connectivity index (χ3v) is 18.6. The van der Waals surface area contributed by atoms with Gasteiger partial charge in [-0.05, 0) is 49.4 Å². The van der Waals surface area contributed by atoms with Crippen LogP contribution in [0.4, 0.5) is 0 Å². The number of carbonyl (C=O) groups is 4. The average Bonchev–Trinajstić information content (AvgIpc) is 3.11. The minimum absolute atomic E-state index is 0.105. The molecule has 3 N–H and O–H groups in total. The number of aliphatic hydroxyl groups is 1. The van der Waals surface area contributed by atoms with Crippen molar-refractivity contribution in [1.29, 1.82) is 0 Å². The number of esters is 4. The van der Waals surface area contributed by atoms with Gasteiger partial charge in [-0.1, -0.05) is 299 Å². The molecule has 0 spiro atoms. The summed E-state index contributed by atoms with van der Waals surface area (Å²) in [5.74, 6) is 0.897. The maximum Gasteiger partial charge on any atom is 0.472 e. The smallest absolute Gasteiger partial charge is 0.462 e. The van der Waals surface area contributed by atoms with Gasteiger partial charge in [0, 0.05) is 25.7 Å². The predicted molar refractivity (Wildman–Crippen MR) is 363 cm³/mol. The quantitative estimate of drug-likeness (QED) is 0.0222. The first-order chi connectivity index (χ1) is 43.1. The van der Waals surface area contributed by atoms with Gasteiger partial charge in [-0.15, -0.1) is 0 Å². The van der Waals surface area contributed by atoms with Crippen LogP contribution in [0.25, 0.3) is 0 Å². The molecule has 0 bridgehead atoms. The summed E-state index contributed by atoms with van der Waals surface area (Å²) in [6.45, 7) is 14.1. The number of hydrogen-bond donors (Lipinski definition) is 3. The van der Waals surface area contributed by atoms with Crippen molar-refractivity contribution < 1.29 is 80.2 Å². The summed E-state index contributed by atoms with van der Waals surface area (Å²) in [5.41, 5.74) is 0. The van der Waals surface area contributed by atoms with E-state index in [2.05, 4.69) is 55.4 Å². The summed E-state index contributed by atoms with van der Waals surface area (Å²) in [6, 6.07) is 0. The van der Waals surface area contributed by atoms with E-state index in [4.69, 9.17) is 37.0 Å². The fourth-order valence-corrected chi connectivity index (χ4v) is 12.2. The van der Waals surface area contributed by atoms with Crippen LogP contribution in [0.15, 0.2) is 0 Å². The van der Waals surface area contributed by atoms with E-state index in [1.54, 1.807) is 0 Å². The van der Waals surface area contributed by atoms with Crippen molar-refractivity contribution in [3.8, 4) is 0 Å². The Kier molecular flexibility index (Phi) is 59.4. The molecule has 0 saturated carbocycles. The third-order valence-electron chi connectivity index (χ3n) is 16.7. The van der Waals surface area contributed by atoms with Gasteiger partial charge in [0.2, 0.25) is 0 Å². The van der Waals surface area contributed by atoms with Crippen LogP contribution in [0, 0.1) is 23.7 Å². The lowest BCUT2D eigenvalue weighted by molar-refractivity contribution is -0.161. The number of carbonyl (C=O) groups excluding carboxylic acids is 4.